The summed E-state index contributed by atoms with van der Waals surface area (Å²) in [4.78, 5) is 19.0. The smallest absolute Gasteiger partial charge is 0.293 e. The zero-order valence-corrected chi connectivity index (χ0v) is 7.64. The van der Waals surface area contributed by atoms with Crippen LogP contribution in [0.4, 0.5) is 11.6 Å². The van der Waals surface area contributed by atoms with Gasteiger partial charge < -0.3 is 11.1 Å². The molecule has 4 N–H and O–H groups in total. The SMILES string of the molecule is Nc1n[nH]c(C(=O)Nc2ccncc2)n1. The normalized spacial score (nSPS) is 9.87. The number of amides is 1. The summed E-state index contributed by atoms with van der Waals surface area (Å²) in [6.07, 6.45) is 3.15. The summed E-state index contributed by atoms with van der Waals surface area (Å²) in [5.41, 5.74) is 5.90. The lowest BCUT2D eigenvalue weighted by Gasteiger charge is -2.00. The minimum Gasteiger partial charge on any atom is -0.366 e. The maximum Gasteiger partial charge on any atom is 0.293 e. The molecule has 2 rings (SSSR count). The number of carbonyl (C=O) groups excluding carboxylic acids is 1. The van der Waals surface area contributed by atoms with Crippen molar-refractivity contribution in [2.45, 2.75) is 0 Å². The van der Waals surface area contributed by atoms with Gasteiger partial charge in [0.2, 0.25) is 11.8 Å². The number of pyridine rings is 1. The van der Waals surface area contributed by atoms with Gasteiger partial charge in [0.15, 0.2) is 0 Å². The summed E-state index contributed by atoms with van der Waals surface area (Å²) < 4.78 is 0. The highest BCUT2D eigenvalue weighted by molar-refractivity contribution is 6.01. The predicted molar refractivity (Wildman–Crippen MR) is 53.0 cm³/mol. The molecule has 7 heteroatoms. The van der Waals surface area contributed by atoms with Crippen molar-refractivity contribution in [3.8, 4) is 0 Å². The summed E-state index contributed by atoms with van der Waals surface area (Å²) in [5, 5.41) is 8.56. The van der Waals surface area contributed by atoms with Crippen LogP contribution in [0.3, 0.4) is 0 Å². The van der Waals surface area contributed by atoms with Crippen molar-refractivity contribution in [1.29, 1.82) is 0 Å². The van der Waals surface area contributed by atoms with Gasteiger partial charge in [0.05, 0.1) is 0 Å². The molecular formula is C8H8N6O. The molecule has 0 aliphatic heterocycles. The Balaban J connectivity index is 2.11. The van der Waals surface area contributed by atoms with E-state index in [1.807, 2.05) is 0 Å². The van der Waals surface area contributed by atoms with Gasteiger partial charge in [0, 0.05) is 18.1 Å². The van der Waals surface area contributed by atoms with E-state index in [0.717, 1.165) is 0 Å². The summed E-state index contributed by atoms with van der Waals surface area (Å²) in [6.45, 7) is 0. The second-order valence-corrected chi connectivity index (χ2v) is 2.73. The van der Waals surface area contributed by atoms with Gasteiger partial charge in [-0.05, 0) is 12.1 Å². The first-order valence-electron chi connectivity index (χ1n) is 4.15. The molecule has 0 aliphatic rings. The highest BCUT2D eigenvalue weighted by atomic mass is 16.2. The third-order valence-electron chi connectivity index (χ3n) is 1.66. The fraction of sp³-hybridized carbons (Fsp3) is 0. The average molecular weight is 204 g/mol. The second kappa shape index (κ2) is 3.74. The molecule has 0 saturated heterocycles. The minimum absolute atomic E-state index is 0.0369. The monoisotopic (exact) mass is 204 g/mol. The molecule has 0 atom stereocenters. The summed E-state index contributed by atoms with van der Waals surface area (Å²) >= 11 is 0. The van der Waals surface area contributed by atoms with Crippen molar-refractivity contribution in [2.24, 2.45) is 0 Å². The average Bonchev–Trinajstić information content (AvgIpc) is 2.66. The number of aromatic amines is 1. The van der Waals surface area contributed by atoms with Crippen LogP contribution in [0.1, 0.15) is 10.6 Å². The highest BCUT2D eigenvalue weighted by Crippen LogP contribution is 2.05. The predicted octanol–water partition coefficient (Wildman–Crippen LogP) is 0.0342. The Kier molecular flexibility index (Phi) is 2.28. The molecule has 0 bridgehead atoms. The number of nitrogens with zero attached hydrogens (tertiary/aromatic N) is 3. The molecule has 2 heterocycles. The van der Waals surface area contributed by atoms with Gasteiger partial charge in [0.1, 0.15) is 0 Å². The lowest BCUT2D eigenvalue weighted by atomic mass is 10.4. The topological polar surface area (TPSA) is 110 Å². The molecule has 0 saturated carbocycles. The molecular weight excluding hydrogens is 196 g/mol. The van der Waals surface area contributed by atoms with E-state index in [1.54, 1.807) is 24.5 Å². The van der Waals surface area contributed by atoms with Crippen LogP contribution in [0.5, 0.6) is 0 Å². The van der Waals surface area contributed by atoms with Crippen LogP contribution >= 0.6 is 0 Å². The van der Waals surface area contributed by atoms with Crippen molar-refractivity contribution in [3.05, 3.63) is 30.4 Å². The van der Waals surface area contributed by atoms with E-state index >= 15 is 0 Å². The first-order chi connectivity index (χ1) is 7.25. The summed E-state index contributed by atoms with van der Waals surface area (Å²) in [6, 6.07) is 3.33. The van der Waals surface area contributed by atoms with E-state index in [0.29, 0.717) is 5.69 Å². The van der Waals surface area contributed by atoms with Gasteiger partial charge >= 0.3 is 0 Å². The number of nitrogens with two attached hydrogens (primary N) is 1. The van der Waals surface area contributed by atoms with Crippen molar-refractivity contribution in [3.63, 3.8) is 0 Å². The molecule has 1 amide bonds. The molecule has 0 radical (unpaired) electrons. The molecule has 0 aliphatic carbocycles. The van der Waals surface area contributed by atoms with Crippen molar-refractivity contribution in [1.82, 2.24) is 20.2 Å². The van der Waals surface area contributed by atoms with Crippen molar-refractivity contribution in [2.75, 3.05) is 11.1 Å². The Labute approximate surface area is 84.7 Å². The molecule has 76 valence electrons. The third-order valence-corrected chi connectivity index (χ3v) is 1.66. The number of rotatable bonds is 2. The molecule has 7 nitrogen and oxygen atoms in total. The van der Waals surface area contributed by atoms with Crippen LogP contribution in [0.15, 0.2) is 24.5 Å². The van der Waals surface area contributed by atoms with E-state index in [9.17, 15) is 4.79 Å². The van der Waals surface area contributed by atoms with Crippen LogP contribution in [-0.2, 0) is 0 Å². The van der Waals surface area contributed by atoms with E-state index in [2.05, 4.69) is 25.5 Å². The maximum atomic E-state index is 11.5. The number of anilines is 2. The van der Waals surface area contributed by atoms with Crippen LogP contribution < -0.4 is 11.1 Å². The van der Waals surface area contributed by atoms with Crippen LogP contribution in [0, 0.1) is 0 Å². The van der Waals surface area contributed by atoms with Gasteiger partial charge in [0.25, 0.3) is 5.91 Å². The number of nitrogens with one attached hydrogen (secondary N) is 2. The molecule has 0 spiro atoms. The van der Waals surface area contributed by atoms with Crippen molar-refractivity contribution >= 4 is 17.5 Å². The Morgan fingerprint density at radius 3 is 2.73 bits per heavy atom. The van der Waals surface area contributed by atoms with E-state index < -0.39 is 5.91 Å². The first kappa shape index (κ1) is 9.13. The third kappa shape index (κ3) is 2.08. The minimum atomic E-state index is -0.398. The lowest BCUT2D eigenvalue weighted by molar-refractivity contribution is 0.101. The van der Waals surface area contributed by atoms with Gasteiger partial charge in [-0.15, -0.1) is 5.10 Å². The fourth-order valence-electron chi connectivity index (χ4n) is 1.00. The number of carbonyl (C=O) groups is 1. The molecule has 0 unspecified atom stereocenters. The maximum absolute atomic E-state index is 11.5. The van der Waals surface area contributed by atoms with Gasteiger partial charge in [-0.2, -0.15) is 4.98 Å². The standard InChI is InChI=1S/C8H8N6O/c9-8-12-6(13-14-8)7(15)11-5-1-3-10-4-2-5/h1-4H,(H,10,11,15)(H3,9,12,13,14). The Bertz CT molecular complexity index is 465. The van der Waals surface area contributed by atoms with Crippen LogP contribution in [0.2, 0.25) is 0 Å². The fourth-order valence-corrected chi connectivity index (χ4v) is 1.00. The molecule has 2 aromatic rings. The van der Waals surface area contributed by atoms with Gasteiger partial charge in [-0.3, -0.25) is 14.9 Å². The molecule has 0 fully saturated rings. The number of aromatic nitrogens is 4. The van der Waals surface area contributed by atoms with Crippen molar-refractivity contribution < 1.29 is 4.79 Å². The van der Waals surface area contributed by atoms with E-state index in [4.69, 9.17) is 5.73 Å². The molecule has 15 heavy (non-hydrogen) atoms. The lowest BCUT2D eigenvalue weighted by Crippen LogP contribution is -2.13. The Hall–Kier alpha value is -2.44. The number of H-pyrrole nitrogens is 1. The zero-order chi connectivity index (χ0) is 10.7. The second-order valence-electron chi connectivity index (χ2n) is 2.73. The van der Waals surface area contributed by atoms with Gasteiger partial charge in [-0.1, -0.05) is 0 Å². The Morgan fingerprint density at radius 2 is 2.13 bits per heavy atom. The highest BCUT2D eigenvalue weighted by Gasteiger charge is 2.10. The quantitative estimate of drug-likeness (QED) is 0.639. The molecule has 0 aromatic carbocycles. The number of hydrogen-bond acceptors (Lipinski definition) is 5. The first-order valence-corrected chi connectivity index (χ1v) is 4.15. The van der Waals surface area contributed by atoms with E-state index in [-0.39, 0.29) is 11.8 Å². The number of hydrogen-bond donors (Lipinski definition) is 3. The van der Waals surface area contributed by atoms with E-state index in [1.165, 1.54) is 0 Å². The van der Waals surface area contributed by atoms with Crippen LogP contribution in [0.25, 0.3) is 0 Å². The number of nitrogen functional groups attached to an aromatic ring is 1. The molecule has 2 aromatic heterocycles. The summed E-state index contributed by atoms with van der Waals surface area (Å²) in [5.74, 6) is -0.287. The van der Waals surface area contributed by atoms with Crippen LogP contribution in [-0.4, -0.2) is 26.1 Å². The zero-order valence-electron chi connectivity index (χ0n) is 7.64. The Morgan fingerprint density at radius 1 is 1.40 bits per heavy atom. The largest absolute Gasteiger partial charge is 0.366 e. The summed E-state index contributed by atoms with van der Waals surface area (Å²) in [7, 11) is 0. The van der Waals surface area contributed by atoms with Gasteiger partial charge in [-0.25, -0.2) is 0 Å².